The molecule has 2 aromatic rings. The van der Waals surface area contributed by atoms with Gasteiger partial charge < -0.3 is 19.9 Å². The van der Waals surface area contributed by atoms with Crippen molar-refractivity contribution in [3.63, 3.8) is 0 Å². The summed E-state index contributed by atoms with van der Waals surface area (Å²) in [5.74, 6) is 2.20. The van der Waals surface area contributed by atoms with E-state index in [0.29, 0.717) is 5.69 Å². The minimum absolute atomic E-state index is 0.0548. The molecule has 1 aromatic heterocycles. The summed E-state index contributed by atoms with van der Waals surface area (Å²) in [5, 5.41) is 4.10. The fourth-order valence-corrected chi connectivity index (χ4v) is 4.04. The summed E-state index contributed by atoms with van der Waals surface area (Å²) in [6.07, 6.45) is 1.30. The van der Waals surface area contributed by atoms with E-state index in [2.05, 4.69) is 36.0 Å². The third-order valence-corrected chi connectivity index (χ3v) is 4.93. The van der Waals surface area contributed by atoms with Gasteiger partial charge in [0.15, 0.2) is 0 Å². The van der Waals surface area contributed by atoms with Crippen molar-refractivity contribution in [2.45, 2.75) is 33.2 Å². The van der Waals surface area contributed by atoms with E-state index in [-0.39, 0.29) is 11.9 Å². The second kappa shape index (κ2) is 7.48. The van der Waals surface area contributed by atoms with Crippen LogP contribution in [0, 0.1) is 11.8 Å². The Labute approximate surface area is 149 Å². The highest BCUT2D eigenvalue weighted by molar-refractivity contribution is 5.98. The van der Waals surface area contributed by atoms with E-state index in [1.54, 1.807) is 7.11 Å². The first-order chi connectivity index (χ1) is 11.9. The summed E-state index contributed by atoms with van der Waals surface area (Å²) in [5.41, 5.74) is 1.53. The third-order valence-electron chi connectivity index (χ3n) is 4.93. The zero-order chi connectivity index (χ0) is 18.0. The normalized spacial score (nSPS) is 22.7. The number of methoxy groups -OCH3 is 1. The average Bonchev–Trinajstić information content (AvgIpc) is 2.96. The van der Waals surface area contributed by atoms with Crippen LogP contribution in [-0.4, -0.2) is 48.6 Å². The van der Waals surface area contributed by atoms with Gasteiger partial charge in [-0.25, -0.2) is 0 Å². The number of aromatic nitrogens is 1. The molecule has 3 rings (SSSR count). The highest BCUT2D eigenvalue weighted by atomic mass is 16.5. The number of hydrogen-bond acceptors (Lipinski definition) is 3. The van der Waals surface area contributed by atoms with Crippen LogP contribution in [0.1, 0.15) is 37.7 Å². The van der Waals surface area contributed by atoms with E-state index in [1.807, 2.05) is 24.3 Å². The Morgan fingerprint density at radius 1 is 1.32 bits per heavy atom. The molecule has 1 fully saturated rings. The van der Waals surface area contributed by atoms with Crippen LogP contribution in [0.25, 0.3) is 10.9 Å². The van der Waals surface area contributed by atoms with Gasteiger partial charge in [-0.15, -0.1) is 0 Å². The molecule has 1 saturated heterocycles. The van der Waals surface area contributed by atoms with Gasteiger partial charge in [0.25, 0.3) is 5.91 Å². The number of H-pyrrole nitrogens is 1. The zero-order valence-electron chi connectivity index (χ0n) is 15.6. The van der Waals surface area contributed by atoms with Gasteiger partial charge in [0, 0.05) is 36.6 Å². The Balaban J connectivity index is 1.61. The molecular weight excluding hydrogens is 314 g/mol. The van der Waals surface area contributed by atoms with E-state index in [1.165, 1.54) is 6.42 Å². The molecule has 0 saturated carbocycles. The predicted octanol–water partition coefficient (Wildman–Crippen LogP) is 3.27. The van der Waals surface area contributed by atoms with Crippen LogP contribution in [-0.2, 0) is 0 Å². The van der Waals surface area contributed by atoms with Crippen molar-refractivity contribution in [1.29, 1.82) is 0 Å². The summed E-state index contributed by atoms with van der Waals surface area (Å²) in [6, 6.07) is 7.76. The van der Waals surface area contributed by atoms with E-state index in [9.17, 15) is 4.79 Å². The zero-order valence-corrected chi connectivity index (χ0v) is 15.6. The summed E-state index contributed by atoms with van der Waals surface area (Å²) >= 11 is 0. The lowest BCUT2D eigenvalue weighted by Crippen LogP contribution is -2.47. The van der Waals surface area contributed by atoms with Crippen molar-refractivity contribution in [3.05, 3.63) is 30.0 Å². The summed E-state index contributed by atoms with van der Waals surface area (Å²) in [7, 11) is 1.64. The van der Waals surface area contributed by atoms with Crippen molar-refractivity contribution in [1.82, 2.24) is 15.2 Å². The second-order valence-corrected chi connectivity index (χ2v) is 7.68. The minimum Gasteiger partial charge on any atom is -0.497 e. The van der Waals surface area contributed by atoms with Crippen molar-refractivity contribution in [2.24, 2.45) is 11.8 Å². The minimum atomic E-state index is -0.0548. The highest BCUT2D eigenvalue weighted by Gasteiger charge is 2.23. The van der Waals surface area contributed by atoms with Crippen LogP contribution in [0.5, 0.6) is 5.75 Å². The van der Waals surface area contributed by atoms with Gasteiger partial charge in [-0.1, -0.05) is 13.8 Å². The average molecular weight is 343 g/mol. The van der Waals surface area contributed by atoms with Gasteiger partial charge in [0.05, 0.1) is 7.11 Å². The molecule has 0 radical (unpaired) electrons. The fourth-order valence-electron chi connectivity index (χ4n) is 4.04. The SMILES string of the molecule is COc1ccc2[nH]c(C(=O)NC(C)CN3CC(C)CC(C)C3)cc2c1. The number of amides is 1. The smallest absolute Gasteiger partial charge is 0.267 e. The maximum absolute atomic E-state index is 12.6. The molecule has 0 spiro atoms. The van der Waals surface area contributed by atoms with Gasteiger partial charge in [-0.2, -0.15) is 0 Å². The molecule has 0 aliphatic carbocycles. The highest BCUT2D eigenvalue weighted by Crippen LogP contribution is 2.22. The van der Waals surface area contributed by atoms with Crippen molar-refractivity contribution < 1.29 is 9.53 Å². The van der Waals surface area contributed by atoms with E-state index < -0.39 is 0 Å². The maximum Gasteiger partial charge on any atom is 0.267 e. The lowest BCUT2D eigenvalue weighted by atomic mass is 9.92. The standard InChI is InChI=1S/C20H29N3O2/c1-13-7-14(2)11-23(10-13)12-15(3)21-20(24)19-9-16-8-17(25-4)5-6-18(16)22-19/h5-6,8-9,13-15,22H,7,10-12H2,1-4H3,(H,21,24). The fraction of sp³-hybridized carbons (Fsp3) is 0.550. The number of nitrogens with zero attached hydrogens (tertiary/aromatic N) is 1. The molecular formula is C20H29N3O2. The second-order valence-electron chi connectivity index (χ2n) is 7.68. The molecule has 3 unspecified atom stereocenters. The number of carbonyl (C=O) groups excluding carboxylic acids is 1. The first-order valence-corrected chi connectivity index (χ1v) is 9.14. The number of aromatic amines is 1. The van der Waals surface area contributed by atoms with Crippen LogP contribution in [0.4, 0.5) is 0 Å². The topological polar surface area (TPSA) is 57.4 Å². The Morgan fingerprint density at radius 2 is 2.04 bits per heavy atom. The molecule has 0 bridgehead atoms. The molecule has 5 nitrogen and oxygen atoms in total. The van der Waals surface area contributed by atoms with Crippen LogP contribution < -0.4 is 10.1 Å². The molecule has 1 amide bonds. The largest absolute Gasteiger partial charge is 0.497 e. The molecule has 1 aliphatic heterocycles. The molecule has 2 N–H and O–H groups in total. The molecule has 25 heavy (non-hydrogen) atoms. The van der Waals surface area contributed by atoms with Gasteiger partial charge in [-0.05, 0) is 49.4 Å². The van der Waals surface area contributed by atoms with Crippen LogP contribution >= 0.6 is 0 Å². The van der Waals surface area contributed by atoms with E-state index in [4.69, 9.17) is 4.74 Å². The summed E-state index contributed by atoms with van der Waals surface area (Å²) in [4.78, 5) is 18.2. The molecule has 2 heterocycles. The Kier molecular flexibility index (Phi) is 5.33. The van der Waals surface area contributed by atoms with E-state index in [0.717, 1.165) is 48.1 Å². The van der Waals surface area contributed by atoms with Gasteiger partial charge in [-0.3, -0.25) is 4.79 Å². The quantitative estimate of drug-likeness (QED) is 0.876. The number of hydrogen-bond donors (Lipinski definition) is 2. The molecule has 1 aromatic carbocycles. The van der Waals surface area contributed by atoms with Gasteiger partial charge in [0.2, 0.25) is 0 Å². The number of ether oxygens (including phenoxy) is 1. The lowest BCUT2D eigenvalue weighted by molar-refractivity contribution is 0.0901. The maximum atomic E-state index is 12.6. The molecule has 5 heteroatoms. The number of fused-ring (bicyclic) bond motifs is 1. The van der Waals surface area contributed by atoms with Crippen molar-refractivity contribution in [3.8, 4) is 5.75 Å². The molecule has 3 atom stereocenters. The first-order valence-electron chi connectivity index (χ1n) is 9.14. The molecule has 136 valence electrons. The monoisotopic (exact) mass is 343 g/mol. The number of nitrogens with one attached hydrogen (secondary N) is 2. The first kappa shape index (κ1) is 17.8. The van der Waals surface area contributed by atoms with Crippen LogP contribution in [0.2, 0.25) is 0 Å². The predicted molar refractivity (Wildman–Crippen MR) is 101 cm³/mol. The van der Waals surface area contributed by atoms with Crippen LogP contribution in [0.15, 0.2) is 24.3 Å². The number of piperidine rings is 1. The van der Waals surface area contributed by atoms with Crippen molar-refractivity contribution in [2.75, 3.05) is 26.7 Å². The van der Waals surface area contributed by atoms with Gasteiger partial charge in [0.1, 0.15) is 11.4 Å². The summed E-state index contributed by atoms with van der Waals surface area (Å²) < 4.78 is 5.24. The van der Waals surface area contributed by atoms with Crippen molar-refractivity contribution >= 4 is 16.8 Å². The lowest BCUT2D eigenvalue weighted by Gasteiger charge is -2.36. The Bertz CT molecular complexity index is 730. The number of benzene rings is 1. The van der Waals surface area contributed by atoms with E-state index >= 15 is 0 Å². The summed E-state index contributed by atoms with van der Waals surface area (Å²) in [6.45, 7) is 9.84. The molecule has 1 aliphatic rings. The number of rotatable bonds is 5. The third kappa shape index (κ3) is 4.34. The number of carbonyl (C=O) groups is 1. The van der Waals surface area contributed by atoms with Gasteiger partial charge >= 0.3 is 0 Å². The Hall–Kier alpha value is -2.01. The Morgan fingerprint density at radius 3 is 2.72 bits per heavy atom. The number of likely N-dealkylation sites (tertiary alicyclic amines) is 1. The van der Waals surface area contributed by atoms with Crippen LogP contribution in [0.3, 0.4) is 0 Å².